The Labute approximate surface area is 141 Å². The number of nitrogens with zero attached hydrogens (tertiary/aromatic N) is 1. The summed E-state index contributed by atoms with van der Waals surface area (Å²) < 4.78 is 10.8. The molecule has 1 saturated heterocycles. The van der Waals surface area contributed by atoms with Gasteiger partial charge in [-0.3, -0.25) is 4.79 Å². The number of nitrogens with one attached hydrogen (secondary N) is 1. The van der Waals surface area contributed by atoms with Crippen molar-refractivity contribution in [2.45, 2.75) is 25.7 Å². The largest absolute Gasteiger partial charge is 0.496 e. The molecule has 0 unspecified atom stereocenters. The van der Waals surface area contributed by atoms with E-state index in [1.165, 1.54) is 38.8 Å². The Bertz CT molecular complexity index is 742. The van der Waals surface area contributed by atoms with Crippen LogP contribution in [-0.2, 0) is 0 Å². The Morgan fingerprint density at radius 2 is 2.12 bits per heavy atom. The van der Waals surface area contributed by atoms with E-state index in [2.05, 4.69) is 10.2 Å². The van der Waals surface area contributed by atoms with Crippen molar-refractivity contribution in [2.75, 3.05) is 33.3 Å². The normalized spacial score (nSPS) is 19.5. The van der Waals surface area contributed by atoms with Gasteiger partial charge in [0.05, 0.1) is 18.8 Å². The van der Waals surface area contributed by atoms with Crippen LogP contribution in [0.5, 0.6) is 5.75 Å². The third-order valence-electron chi connectivity index (χ3n) is 5.35. The lowest BCUT2D eigenvalue weighted by molar-refractivity contribution is 0.0940. The molecular weight excluding hydrogens is 304 g/mol. The summed E-state index contributed by atoms with van der Waals surface area (Å²) in [6.07, 6.45) is 6.66. The number of ether oxygens (including phenoxy) is 1. The number of fused-ring (bicyclic) bond motifs is 1. The Balaban J connectivity index is 1.42. The van der Waals surface area contributed by atoms with E-state index < -0.39 is 0 Å². The Morgan fingerprint density at radius 1 is 1.33 bits per heavy atom. The van der Waals surface area contributed by atoms with Gasteiger partial charge in [0.2, 0.25) is 0 Å². The number of benzene rings is 1. The molecule has 2 fully saturated rings. The summed E-state index contributed by atoms with van der Waals surface area (Å²) in [5.41, 5.74) is 1.56. The van der Waals surface area contributed by atoms with Crippen LogP contribution in [0.3, 0.4) is 0 Å². The average Bonchev–Trinajstić information content (AvgIpc) is 3.00. The van der Waals surface area contributed by atoms with Gasteiger partial charge in [0.15, 0.2) is 0 Å². The molecule has 2 aliphatic rings. The van der Waals surface area contributed by atoms with Crippen molar-refractivity contribution in [3.8, 4) is 5.75 Å². The number of carbonyl (C=O) groups excluding carboxylic acids is 1. The highest BCUT2D eigenvalue weighted by Crippen LogP contribution is 2.46. The zero-order valence-electron chi connectivity index (χ0n) is 14.1. The molecule has 0 atom stereocenters. The van der Waals surface area contributed by atoms with E-state index in [4.69, 9.17) is 9.15 Å². The summed E-state index contributed by atoms with van der Waals surface area (Å²) in [6, 6.07) is 5.42. The van der Waals surface area contributed by atoms with Gasteiger partial charge in [0.1, 0.15) is 11.3 Å². The fraction of sp³-hybridized carbons (Fsp3) is 0.526. The zero-order valence-corrected chi connectivity index (χ0v) is 14.1. The lowest BCUT2D eigenvalue weighted by Gasteiger charge is -2.23. The molecule has 0 spiro atoms. The molecule has 1 aliphatic heterocycles. The first kappa shape index (κ1) is 15.5. The molecule has 1 saturated carbocycles. The summed E-state index contributed by atoms with van der Waals surface area (Å²) >= 11 is 0. The minimum Gasteiger partial charge on any atom is -0.496 e. The van der Waals surface area contributed by atoms with Crippen molar-refractivity contribution in [1.82, 2.24) is 10.2 Å². The van der Waals surface area contributed by atoms with Crippen LogP contribution < -0.4 is 10.1 Å². The predicted octanol–water partition coefficient (Wildman–Crippen LogP) is 3.05. The smallest absolute Gasteiger partial charge is 0.251 e. The van der Waals surface area contributed by atoms with Gasteiger partial charge in [-0.15, -0.1) is 0 Å². The van der Waals surface area contributed by atoms with Gasteiger partial charge >= 0.3 is 0 Å². The first-order valence-electron chi connectivity index (χ1n) is 8.75. The van der Waals surface area contributed by atoms with Crippen LogP contribution in [0.2, 0.25) is 0 Å². The van der Waals surface area contributed by atoms with Gasteiger partial charge < -0.3 is 19.4 Å². The monoisotopic (exact) mass is 328 g/mol. The van der Waals surface area contributed by atoms with Crippen molar-refractivity contribution in [1.29, 1.82) is 0 Å². The van der Waals surface area contributed by atoms with E-state index in [-0.39, 0.29) is 5.91 Å². The van der Waals surface area contributed by atoms with Crippen LogP contribution in [0, 0.1) is 5.41 Å². The van der Waals surface area contributed by atoms with Gasteiger partial charge in [0.25, 0.3) is 5.91 Å². The maximum Gasteiger partial charge on any atom is 0.251 e. The van der Waals surface area contributed by atoms with Gasteiger partial charge in [0, 0.05) is 24.1 Å². The number of hydrogen-bond acceptors (Lipinski definition) is 4. The molecule has 1 N–H and O–H groups in total. The minimum atomic E-state index is -0.0562. The van der Waals surface area contributed by atoms with E-state index >= 15 is 0 Å². The Hall–Kier alpha value is -2.01. The first-order chi connectivity index (χ1) is 11.7. The highest BCUT2D eigenvalue weighted by Gasteiger charge is 2.44. The molecule has 1 amide bonds. The van der Waals surface area contributed by atoms with Crippen LogP contribution in [0.4, 0.5) is 0 Å². The minimum absolute atomic E-state index is 0.0562. The molecule has 1 aromatic carbocycles. The number of furan rings is 1. The van der Waals surface area contributed by atoms with Crippen molar-refractivity contribution in [2.24, 2.45) is 5.41 Å². The topological polar surface area (TPSA) is 54.7 Å². The standard InChI is InChI=1S/C19H24N2O3/c1-23-16-10-14(11-17-15(16)4-9-24-17)18(22)20-12-19(5-6-19)13-21-7-2-3-8-21/h4,9-11H,2-3,5-8,12-13H2,1H3,(H,20,22). The predicted molar refractivity (Wildman–Crippen MR) is 92.4 cm³/mol. The molecule has 128 valence electrons. The number of amides is 1. The van der Waals surface area contributed by atoms with E-state index in [9.17, 15) is 4.79 Å². The van der Waals surface area contributed by atoms with Crippen LogP contribution in [0.15, 0.2) is 28.9 Å². The maximum atomic E-state index is 12.6. The van der Waals surface area contributed by atoms with Crippen molar-refractivity contribution >= 4 is 16.9 Å². The fourth-order valence-corrected chi connectivity index (χ4v) is 3.69. The van der Waals surface area contributed by atoms with Crippen molar-refractivity contribution in [3.05, 3.63) is 30.0 Å². The molecule has 1 aromatic heterocycles. The van der Waals surface area contributed by atoms with E-state index in [0.717, 1.165) is 18.5 Å². The lowest BCUT2D eigenvalue weighted by Crippen LogP contribution is -2.37. The van der Waals surface area contributed by atoms with Crippen LogP contribution in [-0.4, -0.2) is 44.1 Å². The number of likely N-dealkylation sites (tertiary alicyclic amines) is 1. The van der Waals surface area contributed by atoms with E-state index in [0.29, 0.717) is 22.3 Å². The second-order valence-electron chi connectivity index (χ2n) is 7.18. The van der Waals surface area contributed by atoms with Crippen molar-refractivity contribution < 1.29 is 13.9 Å². The summed E-state index contributed by atoms with van der Waals surface area (Å²) in [6.45, 7) is 4.29. The first-order valence-corrected chi connectivity index (χ1v) is 8.75. The summed E-state index contributed by atoms with van der Waals surface area (Å²) in [5.74, 6) is 0.615. The molecule has 1 aliphatic carbocycles. The number of rotatable bonds is 6. The summed E-state index contributed by atoms with van der Waals surface area (Å²) in [7, 11) is 1.61. The van der Waals surface area contributed by atoms with E-state index in [1.807, 2.05) is 6.07 Å². The second-order valence-corrected chi connectivity index (χ2v) is 7.18. The van der Waals surface area contributed by atoms with Gasteiger partial charge in [-0.05, 0) is 57.0 Å². The Kier molecular flexibility index (Phi) is 3.96. The SMILES string of the molecule is COc1cc(C(=O)NCC2(CN3CCCC3)CC2)cc2occc12. The van der Waals surface area contributed by atoms with Gasteiger partial charge in [-0.2, -0.15) is 0 Å². The molecule has 2 aromatic rings. The van der Waals surface area contributed by atoms with Crippen LogP contribution in [0.1, 0.15) is 36.0 Å². The molecule has 24 heavy (non-hydrogen) atoms. The second kappa shape index (κ2) is 6.13. The maximum absolute atomic E-state index is 12.6. The summed E-state index contributed by atoms with van der Waals surface area (Å²) in [4.78, 5) is 15.1. The fourth-order valence-electron chi connectivity index (χ4n) is 3.69. The third kappa shape index (κ3) is 3.00. The van der Waals surface area contributed by atoms with Crippen LogP contribution in [0.25, 0.3) is 11.0 Å². The average molecular weight is 328 g/mol. The Morgan fingerprint density at radius 3 is 2.83 bits per heavy atom. The number of carbonyl (C=O) groups is 1. The molecule has 2 heterocycles. The highest BCUT2D eigenvalue weighted by atomic mass is 16.5. The molecule has 5 nitrogen and oxygen atoms in total. The molecule has 4 rings (SSSR count). The molecule has 0 radical (unpaired) electrons. The lowest BCUT2D eigenvalue weighted by atomic mass is 10.1. The quantitative estimate of drug-likeness (QED) is 0.885. The summed E-state index contributed by atoms with van der Waals surface area (Å²) in [5, 5.41) is 4.01. The van der Waals surface area contributed by atoms with Crippen molar-refractivity contribution in [3.63, 3.8) is 0 Å². The van der Waals surface area contributed by atoms with Gasteiger partial charge in [-0.25, -0.2) is 0 Å². The molecule has 0 bridgehead atoms. The molecular formula is C19H24N2O3. The van der Waals surface area contributed by atoms with Gasteiger partial charge in [-0.1, -0.05) is 0 Å². The van der Waals surface area contributed by atoms with Crippen LogP contribution >= 0.6 is 0 Å². The third-order valence-corrected chi connectivity index (χ3v) is 5.35. The number of methoxy groups -OCH3 is 1. The highest BCUT2D eigenvalue weighted by molar-refractivity contribution is 5.99. The number of hydrogen-bond donors (Lipinski definition) is 1. The van der Waals surface area contributed by atoms with E-state index in [1.54, 1.807) is 25.5 Å². The zero-order chi connectivity index (χ0) is 16.6. The molecule has 5 heteroatoms.